The van der Waals surface area contributed by atoms with Crippen LogP contribution in [0.25, 0.3) is 21.8 Å². The number of hydrogen-bond donors (Lipinski definition) is 2. The predicted octanol–water partition coefficient (Wildman–Crippen LogP) is 2.65. The van der Waals surface area contributed by atoms with Crippen LogP contribution in [-0.4, -0.2) is 81.6 Å². The second-order valence-corrected chi connectivity index (χ2v) is 17.7. The summed E-state index contributed by atoms with van der Waals surface area (Å²) in [4.78, 5) is 8.94. The number of benzene rings is 3. The van der Waals surface area contributed by atoms with Gasteiger partial charge in [0.15, 0.2) is 23.3 Å². The first-order valence-corrected chi connectivity index (χ1v) is 21.0. The number of pyridine rings is 2. The van der Waals surface area contributed by atoms with Gasteiger partial charge in [0.1, 0.15) is 48.9 Å². The van der Waals surface area contributed by atoms with E-state index in [9.17, 15) is 10.2 Å². The number of rotatable bonds is 12. The summed E-state index contributed by atoms with van der Waals surface area (Å²) in [5.74, 6) is -4.12. The van der Waals surface area contributed by atoms with Crippen LogP contribution in [-0.2, 0) is 13.1 Å². The molecule has 6 aliphatic rings. The average molecular weight is 985 g/mol. The molecule has 330 valence electrons. The first kappa shape index (κ1) is 46.1. The molecule has 10 atom stereocenters. The average Bonchev–Trinajstić information content (AvgIpc) is 3.29. The SMILES string of the molecule is C=C[C@@H]1C[N@+]2(Cc3c(F)c(F)c(C[N@@+]45CC[C@@H](C[C@H]4[C@H](O)c4ccnc6ccc(OC)cc46)[C@@H](C=C)C5)c(F)c3F)CC[C@H]1C[C@H]2[C@H](O)c1ccnc2ccc(OC)cc12.[Br-].[Br-]. The van der Waals surface area contributed by atoms with Gasteiger partial charge in [-0.3, -0.25) is 9.97 Å². The summed E-state index contributed by atoms with van der Waals surface area (Å²) in [5.41, 5.74) is 1.19. The molecule has 0 saturated carbocycles. The highest BCUT2D eigenvalue weighted by atomic mass is 79.9. The van der Waals surface area contributed by atoms with Gasteiger partial charge in [0, 0.05) is 60.7 Å². The number of aliphatic hydroxyl groups excluding tert-OH is 2. The van der Waals surface area contributed by atoms with Crippen molar-refractivity contribution in [3.05, 3.63) is 132 Å². The predicted molar refractivity (Wildman–Crippen MR) is 221 cm³/mol. The van der Waals surface area contributed by atoms with Gasteiger partial charge >= 0.3 is 0 Å². The second-order valence-electron chi connectivity index (χ2n) is 17.7. The first-order valence-electron chi connectivity index (χ1n) is 21.0. The zero-order chi connectivity index (χ0) is 42.1. The maximum absolute atomic E-state index is 16.8. The molecule has 6 aliphatic heterocycles. The summed E-state index contributed by atoms with van der Waals surface area (Å²) in [6.07, 6.45) is 7.30. The number of ether oxygens (including phenoxy) is 2. The molecule has 2 aromatic heterocycles. The van der Waals surface area contributed by atoms with Gasteiger partial charge in [0.05, 0.1) is 62.6 Å². The van der Waals surface area contributed by atoms with Crippen LogP contribution in [0.1, 0.15) is 60.1 Å². The minimum Gasteiger partial charge on any atom is -1.00 e. The Balaban J connectivity index is 0.00000289. The summed E-state index contributed by atoms with van der Waals surface area (Å²) in [6, 6.07) is 13.3. The molecule has 8 heterocycles. The third kappa shape index (κ3) is 7.55. The highest BCUT2D eigenvalue weighted by Crippen LogP contribution is 2.51. The molecule has 0 aliphatic carbocycles. The number of nitrogens with zero attached hydrogens (tertiary/aromatic N) is 4. The van der Waals surface area contributed by atoms with E-state index in [-0.39, 0.29) is 79.7 Å². The molecule has 4 bridgehead atoms. The Bertz CT molecular complexity index is 2320. The van der Waals surface area contributed by atoms with Crippen LogP contribution in [0.3, 0.4) is 0 Å². The van der Waals surface area contributed by atoms with Gasteiger partial charge in [0.25, 0.3) is 0 Å². The molecule has 5 aromatic rings. The van der Waals surface area contributed by atoms with Gasteiger partial charge in [-0.1, -0.05) is 12.2 Å². The van der Waals surface area contributed by atoms with E-state index >= 15 is 17.6 Å². The van der Waals surface area contributed by atoms with Crippen molar-refractivity contribution in [3.8, 4) is 11.5 Å². The fourth-order valence-electron chi connectivity index (χ4n) is 11.9. The number of piperidine rings is 6. The maximum Gasteiger partial charge on any atom is 0.171 e. The summed E-state index contributed by atoms with van der Waals surface area (Å²) >= 11 is 0. The standard InChI is InChI=1S/C48H52F4N4O4.2BrH/c1-5-27-23-55(17-13-29(27)19-41(55)47(57)33-11-15-53-39-9-7-31(59-3)21-35(33)39)25-37-43(49)45(51)38(46(52)44(37)50)26-56-18-14-30(28(6-2)24-56)20-42(56)48(58)34-12-16-54-40-10-8-32(60-4)22-36(34)40;;/h5-12,15-16,21-22,27-30,41-42,47-48,57-58H,1-2,13-14,17-20,23-26H2,3-4H3;2*1H/q+2;;/p-2/t27-,28+,29-,30-,41-,42-,47+,48+,55-,56-;;/m0../s1. The number of quaternary nitrogens is 2. The molecular formula is C48H52Br2F4N4O4. The van der Waals surface area contributed by atoms with Crippen LogP contribution >= 0.6 is 0 Å². The molecular weight excluding hydrogens is 932 g/mol. The summed E-state index contributed by atoms with van der Waals surface area (Å²) in [5, 5.41) is 25.9. The van der Waals surface area contributed by atoms with Crippen molar-refractivity contribution in [2.45, 2.75) is 63.1 Å². The van der Waals surface area contributed by atoms with E-state index in [0.29, 0.717) is 96.3 Å². The van der Waals surface area contributed by atoms with Crippen LogP contribution in [0.2, 0.25) is 0 Å². The van der Waals surface area contributed by atoms with Crippen LogP contribution in [0.4, 0.5) is 17.6 Å². The van der Waals surface area contributed by atoms with E-state index in [0.717, 1.165) is 0 Å². The smallest absolute Gasteiger partial charge is 0.171 e. The Hall–Kier alpha value is -3.92. The zero-order valence-electron chi connectivity index (χ0n) is 34.8. The van der Waals surface area contributed by atoms with Crippen molar-refractivity contribution < 1.29 is 80.2 Å². The summed E-state index contributed by atoms with van der Waals surface area (Å²) < 4.78 is 78.3. The fraction of sp³-hybridized carbons (Fsp3) is 0.417. The maximum atomic E-state index is 16.8. The fourth-order valence-corrected chi connectivity index (χ4v) is 11.9. The molecule has 11 rings (SSSR count). The normalized spacial score (nSPS) is 28.5. The van der Waals surface area contributed by atoms with E-state index < -0.39 is 58.7 Å². The molecule has 3 aromatic carbocycles. The molecule has 0 spiro atoms. The lowest BCUT2D eigenvalue weighted by Gasteiger charge is -2.58. The zero-order valence-corrected chi connectivity index (χ0v) is 38.0. The van der Waals surface area contributed by atoms with Crippen LogP contribution in [0, 0.1) is 46.9 Å². The topological polar surface area (TPSA) is 84.7 Å². The lowest BCUT2D eigenvalue weighted by atomic mass is 9.71. The minimum absolute atomic E-state index is 0. The largest absolute Gasteiger partial charge is 1.00 e. The first-order chi connectivity index (χ1) is 28.9. The molecule has 6 saturated heterocycles. The minimum atomic E-state index is -1.42. The Labute approximate surface area is 380 Å². The van der Waals surface area contributed by atoms with Gasteiger partial charge in [-0.05, 0) is 71.5 Å². The molecule has 14 heteroatoms. The van der Waals surface area contributed by atoms with E-state index in [1.807, 2.05) is 36.4 Å². The Morgan fingerprint density at radius 2 is 1.05 bits per heavy atom. The number of methoxy groups -OCH3 is 2. The number of fused-ring (bicyclic) bond motifs is 8. The number of aromatic nitrogens is 2. The molecule has 0 amide bonds. The van der Waals surface area contributed by atoms with Crippen molar-refractivity contribution in [3.63, 3.8) is 0 Å². The van der Waals surface area contributed by atoms with Crippen LogP contribution in [0.5, 0.6) is 11.5 Å². The Morgan fingerprint density at radius 1 is 0.661 bits per heavy atom. The van der Waals surface area contributed by atoms with Crippen molar-refractivity contribution in [1.82, 2.24) is 9.97 Å². The van der Waals surface area contributed by atoms with E-state index in [1.165, 1.54) is 0 Å². The van der Waals surface area contributed by atoms with Crippen LogP contribution < -0.4 is 43.4 Å². The summed E-state index contributed by atoms with van der Waals surface area (Å²) in [6.45, 7) is 9.15. The third-order valence-electron chi connectivity index (χ3n) is 15.1. The highest BCUT2D eigenvalue weighted by Gasteiger charge is 2.57. The second kappa shape index (κ2) is 17.9. The number of hydrogen-bond acceptors (Lipinski definition) is 6. The molecule has 62 heavy (non-hydrogen) atoms. The van der Waals surface area contributed by atoms with Gasteiger partial charge in [-0.2, -0.15) is 0 Å². The lowest BCUT2D eigenvalue weighted by molar-refractivity contribution is -0.985. The molecule has 0 radical (unpaired) electrons. The molecule has 8 nitrogen and oxygen atoms in total. The Morgan fingerprint density at radius 3 is 1.40 bits per heavy atom. The van der Waals surface area contributed by atoms with Gasteiger partial charge in [0.2, 0.25) is 0 Å². The van der Waals surface area contributed by atoms with E-state index in [4.69, 9.17) is 9.47 Å². The van der Waals surface area contributed by atoms with Crippen molar-refractivity contribution >= 4 is 21.8 Å². The van der Waals surface area contributed by atoms with Crippen molar-refractivity contribution in [2.75, 3.05) is 40.4 Å². The summed E-state index contributed by atoms with van der Waals surface area (Å²) in [7, 11) is 3.11. The van der Waals surface area contributed by atoms with Gasteiger partial charge < -0.3 is 62.6 Å². The number of halogens is 6. The van der Waals surface area contributed by atoms with Crippen molar-refractivity contribution in [2.24, 2.45) is 23.7 Å². The van der Waals surface area contributed by atoms with E-state index in [1.54, 1.807) is 50.9 Å². The van der Waals surface area contributed by atoms with E-state index in [2.05, 4.69) is 23.1 Å². The molecule has 0 unspecified atom stereocenters. The van der Waals surface area contributed by atoms with Crippen LogP contribution in [0.15, 0.2) is 86.2 Å². The number of aliphatic hydroxyl groups is 2. The monoisotopic (exact) mass is 982 g/mol. The highest BCUT2D eigenvalue weighted by molar-refractivity contribution is 5.84. The Kier molecular flexibility index (Phi) is 13.3. The third-order valence-corrected chi connectivity index (χ3v) is 15.1. The van der Waals surface area contributed by atoms with Crippen molar-refractivity contribution in [1.29, 1.82) is 0 Å². The van der Waals surface area contributed by atoms with Gasteiger partial charge in [-0.15, -0.1) is 13.2 Å². The van der Waals surface area contributed by atoms with Gasteiger partial charge in [-0.25, -0.2) is 17.6 Å². The molecule has 6 fully saturated rings. The quantitative estimate of drug-likeness (QED) is 0.0868. The molecule has 2 N–H and O–H groups in total. The lowest BCUT2D eigenvalue weighted by Crippen LogP contribution is -3.00.